The minimum absolute atomic E-state index is 0.0683. The third kappa shape index (κ3) is 2.45. The van der Waals surface area contributed by atoms with Gasteiger partial charge in [0, 0.05) is 23.4 Å². The maximum absolute atomic E-state index is 12.7. The molecular weight excluding hydrogens is 264 g/mol. The van der Waals surface area contributed by atoms with Gasteiger partial charge in [-0.2, -0.15) is 0 Å². The van der Waals surface area contributed by atoms with E-state index in [0.717, 1.165) is 23.7 Å². The first-order valence-corrected chi connectivity index (χ1v) is 7.53. The van der Waals surface area contributed by atoms with Crippen LogP contribution in [0.5, 0.6) is 0 Å². The molecule has 4 nitrogen and oxygen atoms in total. The number of nitrogens with one attached hydrogen (secondary N) is 1. The number of carbonyl (C=O) groups is 1. The molecule has 0 aliphatic carbocycles. The molecule has 0 amide bonds. The van der Waals surface area contributed by atoms with Crippen LogP contribution in [-0.4, -0.2) is 36.1 Å². The van der Waals surface area contributed by atoms with E-state index in [9.17, 15) is 4.79 Å². The van der Waals surface area contributed by atoms with Crippen LogP contribution in [-0.2, 0) is 4.74 Å². The van der Waals surface area contributed by atoms with E-state index < -0.39 is 0 Å². The Kier molecular flexibility index (Phi) is 3.20. The highest BCUT2D eigenvalue weighted by Crippen LogP contribution is 2.27. The molecule has 4 heteroatoms. The summed E-state index contributed by atoms with van der Waals surface area (Å²) in [7, 11) is 0. The van der Waals surface area contributed by atoms with Gasteiger partial charge in [-0.05, 0) is 25.0 Å². The standard InChI is InChI=1S/C17H18N2O2/c20-17(12-7-13-9-21-10-14(8-12)18-13)16-6-5-11-3-1-2-4-15(11)19-16/h1-6,12-14,18H,7-10H2. The normalized spacial score (nSPS) is 28.5. The molecule has 2 unspecified atom stereocenters. The van der Waals surface area contributed by atoms with Gasteiger partial charge in [-0.25, -0.2) is 4.98 Å². The number of nitrogens with zero attached hydrogens (tertiary/aromatic N) is 1. The molecule has 2 aliphatic heterocycles. The fraction of sp³-hybridized carbons (Fsp3) is 0.412. The number of hydrogen-bond acceptors (Lipinski definition) is 4. The maximum Gasteiger partial charge on any atom is 0.184 e. The molecule has 0 spiro atoms. The van der Waals surface area contributed by atoms with Crippen molar-refractivity contribution in [3.05, 3.63) is 42.1 Å². The van der Waals surface area contributed by atoms with Crippen molar-refractivity contribution in [2.75, 3.05) is 13.2 Å². The zero-order chi connectivity index (χ0) is 14.2. The molecule has 2 atom stereocenters. The second kappa shape index (κ2) is 5.20. The van der Waals surface area contributed by atoms with Crippen molar-refractivity contribution in [2.24, 2.45) is 5.92 Å². The van der Waals surface area contributed by atoms with Crippen LogP contribution in [0.25, 0.3) is 10.9 Å². The van der Waals surface area contributed by atoms with Crippen LogP contribution in [0.2, 0.25) is 0 Å². The van der Waals surface area contributed by atoms with Crippen molar-refractivity contribution in [1.29, 1.82) is 0 Å². The minimum atomic E-state index is 0.0683. The van der Waals surface area contributed by atoms with Crippen molar-refractivity contribution >= 4 is 16.7 Å². The first-order valence-electron chi connectivity index (χ1n) is 7.53. The molecule has 1 aromatic heterocycles. The average molecular weight is 282 g/mol. The lowest BCUT2D eigenvalue weighted by atomic mass is 9.83. The Morgan fingerprint density at radius 1 is 1.10 bits per heavy atom. The van der Waals surface area contributed by atoms with Crippen molar-refractivity contribution in [2.45, 2.75) is 24.9 Å². The van der Waals surface area contributed by atoms with E-state index in [0.29, 0.717) is 31.0 Å². The Bertz CT molecular complexity index is 673. The molecule has 2 fully saturated rings. The number of para-hydroxylation sites is 1. The van der Waals surface area contributed by atoms with Gasteiger partial charge >= 0.3 is 0 Å². The molecule has 1 aromatic carbocycles. The highest BCUT2D eigenvalue weighted by atomic mass is 16.5. The number of Topliss-reactive ketones (excluding diaryl/α,β-unsaturated/α-hetero) is 1. The van der Waals surface area contributed by atoms with E-state index in [1.54, 1.807) is 0 Å². The van der Waals surface area contributed by atoms with Crippen molar-refractivity contribution < 1.29 is 9.53 Å². The summed E-state index contributed by atoms with van der Waals surface area (Å²) >= 11 is 0. The molecule has 108 valence electrons. The third-order valence-corrected chi connectivity index (χ3v) is 4.47. The highest BCUT2D eigenvalue weighted by Gasteiger charge is 2.35. The lowest BCUT2D eigenvalue weighted by Crippen LogP contribution is -2.55. The zero-order valence-electron chi connectivity index (χ0n) is 11.8. The third-order valence-electron chi connectivity index (χ3n) is 4.47. The Morgan fingerprint density at radius 3 is 2.67 bits per heavy atom. The number of ether oxygens (including phenoxy) is 1. The molecule has 21 heavy (non-hydrogen) atoms. The van der Waals surface area contributed by atoms with E-state index in [1.165, 1.54) is 0 Å². The van der Waals surface area contributed by atoms with Gasteiger partial charge < -0.3 is 10.1 Å². The van der Waals surface area contributed by atoms with Crippen LogP contribution < -0.4 is 5.32 Å². The lowest BCUT2D eigenvalue weighted by molar-refractivity contribution is 0.00944. The van der Waals surface area contributed by atoms with Gasteiger partial charge in [-0.1, -0.05) is 24.3 Å². The van der Waals surface area contributed by atoms with Gasteiger partial charge in [0.15, 0.2) is 5.78 Å². The van der Waals surface area contributed by atoms with E-state index in [-0.39, 0.29) is 11.7 Å². The van der Waals surface area contributed by atoms with E-state index >= 15 is 0 Å². The van der Waals surface area contributed by atoms with Crippen LogP contribution in [0.3, 0.4) is 0 Å². The Balaban J connectivity index is 1.60. The van der Waals surface area contributed by atoms with Gasteiger partial charge in [0.2, 0.25) is 0 Å². The van der Waals surface area contributed by atoms with E-state index in [4.69, 9.17) is 4.74 Å². The monoisotopic (exact) mass is 282 g/mol. The van der Waals surface area contributed by atoms with Gasteiger partial charge in [0.25, 0.3) is 0 Å². The second-order valence-electron chi connectivity index (χ2n) is 6.02. The summed E-state index contributed by atoms with van der Waals surface area (Å²) in [5.74, 6) is 0.248. The SMILES string of the molecule is O=C(c1ccc2ccccc2n1)C1CC2COCC(C1)N2. The number of fused-ring (bicyclic) bond motifs is 3. The van der Waals surface area contributed by atoms with Gasteiger partial charge in [0.05, 0.1) is 18.7 Å². The summed E-state index contributed by atoms with van der Waals surface area (Å²) in [5.41, 5.74) is 1.49. The number of rotatable bonds is 2. The quantitative estimate of drug-likeness (QED) is 0.858. The Morgan fingerprint density at radius 2 is 1.86 bits per heavy atom. The number of aromatic nitrogens is 1. The maximum atomic E-state index is 12.7. The first kappa shape index (κ1) is 12.9. The molecule has 0 radical (unpaired) electrons. The molecule has 0 saturated carbocycles. The van der Waals surface area contributed by atoms with Crippen LogP contribution in [0.1, 0.15) is 23.3 Å². The number of piperidine rings is 1. The Hall–Kier alpha value is -1.78. The van der Waals surface area contributed by atoms with Crippen molar-refractivity contribution in [3.8, 4) is 0 Å². The predicted molar refractivity (Wildman–Crippen MR) is 80.3 cm³/mol. The molecule has 1 N–H and O–H groups in total. The van der Waals surface area contributed by atoms with Crippen LogP contribution in [0, 0.1) is 5.92 Å². The van der Waals surface area contributed by atoms with Crippen molar-refractivity contribution in [3.63, 3.8) is 0 Å². The molecular formula is C17H18N2O2. The van der Waals surface area contributed by atoms with Gasteiger partial charge in [-0.3, -0.25) is 4.79 Å². The van der Waals surface area contributed by atoms with E-state index in [2.05, 4.69) is 10.3 Å². The Labute approximate surface area is 123 Å². The minimum Gasteiger partial charge on any atom is -0.378 e. The topological polar surface area (TPSA) is 51.2 Å². The van der Waals surface area contributed by atoms with Gasteiger partial charge in [0.1, 0.15) is 5.69 Å². The smallest absolute Gasteiger partial charge is 0.184 e. The zero-order valence-corrected chi connectivity index (χ0v) is 11.8. The number of benzene rings is 1. The summed E-state index contributed by atoms with van der Waals surface area (Å²) in [4.78, 5) is 17.3. The predicted octanol–water partition coefficient (Wildman–Crippen LogP) is 2.18. The number of hydrogen-bond donors (Lipinski definition) is 1. The van der Waals surface area contributed by atoms with Crippen LogP contribution in [0.4, 0.5) is 0 Å². The van der Waals surface area contributed by atoms with Gasteiger partial charge in [-0.15, -0.1) is 0 Å². The average Bonchev–Trinajstić information content (AvgIpc) is 2.53. The van der Waals surface area contributed by atoms with Crippen molar-refractivity contribution in [1.82, 2.24) is 10.3 Å². The second-order valence-corrected chi connectivity index (χ2v) is 6.02. The molecule has 2 saturated heterocycles. The lowest BCUT2D eigenvalue weighted by Gasteiger charge is -2.39. The number of morpholine rings is 1. The molecule has 2 aliphatic rings. The number of pyridine rings is 1. The van der Waals surface area contributed by atoms with Crippen LogP contribution in [0.15, 0.2) is 36.4 Å². The fourth-order valence-electron chi connectivity index (χ4n) is 3.46. The summed E-state index contributed by atoms with van der Waals surface area (Å²) in [6.45, 7) is 1.43. The number of ketones is 1. The van der Waals surface area contributed by atoms with Crippen LogP contribution >= 0.6 is 0 Å². The summed E-state index contributed by atoms with van der Waals surface area (Å²) in [6.07, 6.45) is 1.70. The fourth-order valence-corrected chi connectivity index (χ4v) is 3.46. The molecule has 3 heterocycles. The first-order chi connectivity index (χ1) is 10.3. The summed E-state index contributed by atoms with van der Waals surface area (Å²) < 4.78 is 5.54. The highest BCUT2D eigenvalue weighted by molar-refractivity contribution is 5.98. The number of carbonyl (C=O) groups excluding carboxylic acids is 1. The largest absolute Gasteiger partial charge is 0.378 e. The molecule has 4 rings (SSSR count). The summed E-state index contributed by atoms with van der Waals surface area (Å²) in [5, 5.41) is 4.59. The molecule has 2 aromatic rings. The summed E-state index contributed by atoms with van der Waals surface area (Å²) in [6, 6.07) is 12.4. The molecule has 2 bridgehead atoms. The van der Waals surface area contributed by atoms with E-state index in [1.807, 2.05) is 36.4 Å².